The number of non-ortho nitro benzene ring substituents is 1. The molecule has 0 heterocycles. The van der Waals surface area contributed by atoms with Crippen molar-refractivity contribution in [1.82, 2.24) is 0 Å². The van der Waals surface area contributed by atoms with Crippen molar-refractivity contribution in [2.45, 2.75) is 12.5 Å². The summed E-state index contributed by atoms with van der Waals surface area (Å²) in [4.78, 5) is 21.6. The number of thioether (sulfide) groups is 1. The molecule has 8 heteroatoms. The van der Waals surface area contributed by atoms with E-state index >= 15 is 0 Å². The first-order valence-electron chi connectivity index (χ1n) is 5.45. The molecule has 0 saturated carbocycles. The summed E-state index contributed by atoms with van der Waals surface area (Å²) in [7, 11) is 0. The van der Waals surface area contributed by atoms with Crippen LogP contribution in [0.15, 0.2) is 18.2 Å². The first-order chi connectivity index (χ1) is 8.95. The monoisotopic (exact) mass is 287 g/mol. The molecule has 0 spiro atoms. The third kappa shape index (κ3) is 4.49. The zero-order valence-electron chi connectivity index (χ0n) is 10.3. The van der Waals surface area contributed by atoms with Gasteiger partial charge in [0.1, 0.15) is 5.82 Å². The number of carbonyl (C=O) groups is 1. The van der Waals surface area contributed by atoms with E-state index in [-0.39, 0.29) is 11.4 Å². The summed E-state index contributed by atoms with van der Waals surface area (Å²) >= 11 is 1.54. The predicted octanol–water partition coefficient (Wildman–Crippen LogP) is 1.75. The van der Waals surface area contributed by atoms with Gasteiger partial charge in [-0.2, -0.15) is 11.8 Å². The van der Waals surface area contributed by atoms with Gasteiger partial charge in [0, 0.05) is 12.1 Å². The van der Waals surface area contributed by atoms with E-state index in [4.69, 9.17) is 5.73 Å². The van der Waals surface area contributed by atoms with E-state index in [2.05, 4.69) is 5.32 Å². The first kappa shape index (κ1) is 15.4. The Balaban J connectivity index is 2.78. The highest BCUT2D eigenvalue weighted by atomic mass is 32.2. The Morgan fingerprint density at radius 3 is 2.89 bits per heavy atom. The maximum Gasteiger partial charge on any atom is 0.271 e. The van der Waals surface area contributed by atoms with Crippen LogP contribution >= 0.6 is 11.8 Å². The van der Waals surface area contributed by atoms with Crippen molar-refractivity contribution in [2.24, 2.45) is 5.73 Å². The standard InChI is InChI=1S/C11H14FN3O3S/c1-19-5-4-9(13)11(16)14-10-6-7(15(17)18)2-3-8(10)12/h2-3,6,9H,4-5,13H2,1H3,(H,14,16)/t9-/m1/s1. The number of anilines is 1. The van der Waals surface area contributed by atoms with Gasteiger partial charge in [-0.05, 0) is 24.5 Å². The van der Waals surface area contributed by atoms with Gasteiger partial charge in [-0.15, -0.1) is 0 Å². The lowest BCUT2D eigenvalue weighted by Gasteiger charge is -2.12. The zero-order chi connectivity index (χ0) is 14.4. The molecule has 3 N–H and O–H groups in total. The topological polar surface area (TPSA) is 98.3 Å². The molecule has 1 atom stereocenters. The third-order valence-corrected chi connectivity index (χ3v) is 3.03. The quantitative estimate of drug-likeness (QED) is 0.613. The van der Waals surface area contributed by atoms with Crippen LogP contribution < -0.4 is 11.1 Å². The van der Waals surface area contributed by atoms with Crippen molar-refractivity contribution < 1.29 is 14.1 Å². The van der Waals surface area contributed by atoms with Crippen molar-refractivity contribution in [3.05, 3.63) is 34.1 Å². The fourth-order valence-electron chi connectivity index (χ4n) is 1.32. The Morgan fingerprint density at radius 1 is 1.63 bits per heavy atom. The van der Waals surface area contributed by atoms with E-state index in [9.17, 15) is 19.3 Å². The van der Waals surface area contributed by atoms with Crippen molar-refractivity contribution in [3.63, 3.8) is 0 Å². The summed E-state index contributed by atoms with van der Waals surface area (Å²) in [6.07, 6.45) is 2.33. The number of hydrogen-bond donors (Lipinski definition) is 2. The molecular weight excluding hydrogens is 273 g/mol. The number of nitro benzene ring substituents is 1. The number of nitrogens with one attached hydrogen (secondary N) is 1. The van der Waals surface area contributed by atoms with E-state index in [1.807, 2.05) is 6.26 Å². The molecule has 0 fully saturated rings. The molecule has 0 radical (unpaired) electrons. The minimum absolute atomic E-state index is 0.237. The van der Waals surface area contributed by atoms with Crippen LogP contribution in [0, 0.1) is 15.9 Å². The van der Waals surface area contributed by atoms with E-state index < -0.39 is 22.7 Å². The highest BCUT2D eigenvalue weighted by Gasteiger charge is 2.17. The molecule has 19 heavy (non-hydrogen) atoms. The molecule has 1 aromatic rings. The maximum atomic E-state index is 13.4. The summed E-state index contributed by atoms with van der Waals surface area (Å²) < 4.78 is 13.4. The second kappa shape index (κ2) is 7.05. The largest absolute Gasteiger partial charge is 0.322 e. The van der Waals surface area contributed by atoms with Crippen LogP contribution in [0.4, 0.5) is 15.8 Å². The van der Waals surface area contributed by atoms with Gasteiger partial charge in [-0.25, -0.2) is 4.39 Å². The van der Waals surface area contributed by atoms with Crippen LogP contribution in [0.25, 0.3) is 0 Å². The third-order valence-electron chi connectivity index (χ3n) is 2.39. The number of nitrogens with two attached hydrogens (primary N) is 1. The Bertz CT molecular complexity index is 484. The van der Waals surface area contributed by atoms with Gasteiger partial charge < -0.3 is 11.1 Å². The van der Waals surface area contributed by atoms with Crippen LogP contribution in [-0.2, 0) is 4.79 Å². The molecule has 0 aliphatic heterocycles. The van der Waals surface area contributed by atoms with Crippen molar-refractivity contribution in [3.8, 4) is 0 Å². The van der Waals surface area contributed by atoms with Gasteiger partial charge in [-0.3, -0.25) is 14.9 Å². The summed E-state index contributed by atoms with van der Waals surface area (Å²) in [5, 5.41) is 12.8. The number of hydrogen-bond acceptors (Lipinski definition) is 5. The van der Waals surface area contributed by atoms with Gasteiger partial charge in [0.25, 0.3) is 5.69 Å². The molecule has 6 nitrogen and oxygen atoms in total. The molecule has 1 aromatic carbocycles. The van der Waals surface area contributed by atoms with Gasteiger partial charge in [0.05, 0.1) is 16.7 Å². The zero-order valence-corrected chi connectivity index (χ0v) is 11.1. The van der Waals surface area contributed by atoms with Crippen molar-refractivity contribution >= 4 is 29.0 Å². The van der Waals surface area contributed by atoms with Crippen LogP contribution in [0.1, 0.15) is 6.42 Å². The lowest BCUT2D eigenvalue weighted by molar-refractivity contribution is -0.384. The number of amides is 1. The van der Waals surface area contributed by atoms with E-state index in [1.165, 1.54) is 11.8 Å². The van der Waals surface area contributed by atoms with Gasteiger partial charge in [-0.1, -0.05) is 0 Å². The second-order valence-corrected chi connectivity index (χ2v) is 4.78. The summed E-state index contributed by atoms with van der Waals surface area (Å²) in [6, 6.07) is 2.15. The Hall–Kier alpha value is -1.67. The SMILES string of the molecule is CSCC[C@@H](N)C(=O)Nc1cc([N+](=O)[O-])ccc1F. The summed E-state index contributed by atoms with van der Waals surface area (Å²) in [5.74, 6) is -0.601. The molecule has 0 saturated heterocycles. The molecule has 104 valence electrons. The minimum atomic E-state index is -0.772. The highest BCUT2D eigenvalue weighted by molar-refractivity contribution is 7.98. The molecule has 0 aliphatic rings. The van der Waals surface area contributed by atoms with Crippen LogP contribution in [0.5, 0.6) is 0 Å². The molecule has 0 aromatic heterocycles. The fraction of sp³-hybridized carbons (Fsp3) is 0.364. The molecule has 0 aliphatic carbocycles. The first-order valence-corrected chi connectivity index (χ1v) is 6.84. The molecule has 0 unspecified atom stereocenters. The van der Waals surface area contributed by atoms with Crippen molar-refractivity contribution in [2.75, 3.05) is 17.3 Å². The predicted molar refractivity (Wildman–Crippen MR) is 72.7 cm³/mol. The number of nitrogens with zero attached hydrogens (tertiary/aromatic N) is 1. The molecular formula is C11H14FN3O3S. The smallest absolute Gasteiger partial charge is 0.271 e. The maximum absolute atomic E-state index is 13.4. The average molecular weight is 287 g/mol. The number of halogens is 1. The van der Waals surface area contributed by atoms with E-state index in [1.54, 1.807) is 0 Å². The van der Waals surface area contributed by atoms with Crippen LogP contribution in [-0.4, -0.2) is 28.9 Å². The highest BCUT2D eigenvalue weighted by Crippen LogP contribution is 2.21. The van der Waals surface area contributed by atoms with Crippen molar-refractivity contribution in [1.29, 1.82) is 0 Å². The average Bonchev–Trinajstić information content (AvgIpc) is 2.38. The van der Waals surface area contributed by atoms with Gasteiger partial charge in [0.15, 0.2) is 0 Å². The summed E-state index contributed by atoms with van der Waals surface area (Å²) in [5.41, 5.74) is 5.08. The lowest BCUT2D eigenvalue weighted by atomic mass is 10.2. The Morgan fingerprint density at radius 2 is 2.32 bits per heavy atom. The number of carbonyl (C=O) groups excluding carboxylic acids is 1. The Kier molecular flexibility index (Phi) is 5.71. The number of rotatable bonds is 6. The second-order valence-electron chi connectivity index (χ2n) is 3.80. The molecule has 1 amide bonds. The number of benzene rings is 1. The fourth-order valence-corrected chi connectivity index (χ4v) is 1.81. The minimum Gasteiger partial charge on any atom is -0.322 e. The normalized spacial score (nSPS) is 11.9. The van der Waals surface area contributed by atoms with Crippen LogP contribution in [0.2, 0.25) is 0 Å². The van der Waals surface area contributed by atoms with E-state index in [0.29, 0.717) is 12.2 Å². The summed E-state index contributed by atoms with van der Waals surface area (Å²) in [6.45, 7) is 0. The molecule has 1 rings (SSSR count). The lowest BCUT2D eigenvalue weighted by Crippen LogP contribution is -2.36. The van der Waals surface area contributed by atoms with Gasteiger partial charge in [0.2, 0.25) is 5.91 Å². The van der Waals surface area contributed by atoms with E-state index in [0.717, 1.165) is 18.2 Å². The van der Waals surface area contributed by atoms with Gasteiger partial charge >= 0.3 is 0 Å². The van der Waals surface area contributed by atoms with Crippen LogP contribution in [0.3, 0.4) is 0 Å². The molecule has 0 bridgehead atoms. The Labute approximate surface area is 113 Å². The number of nitro groups is 1.